The Morgan fingerprint density at radius 1 is 1.25 bits per heavy atom. The van der Waals surface area contributed by atoms with Crippen LogP contribution in [0.5, 0.6) is 0 Å². The Labute approximate surface area is 118 Å². The largest absolute Gasteiger partial charge is 0.292 e. The number of likely N-dealkylation sites (tertiary alicyclic amines) is 1. The van der Waals surface area contributed by atoms with Crippen LogP contribution in [0.15, 0.2) is 18.2 Å². The van der Waals surface area contributed by atoms with Crippen LogP contribution >= 0.6 is 0 Å². The van der Waals surface area contributed by atoms with Crippen LogP contribution in [0.2, 0.25) is 0 Å². The van der Waals surface area contributed by atoms with Gasteiger partial charge in [0, 0.05) is 0 Å². The number of rotatable bonds is 4. The van der Waals surface area contributed by atoms with Crippen molar-refractivity contribution in [3.05, 3.63) is 35.4 Å². The van der Waals surface area contributed by atoms with Gasteiger partial charge in [0.05, 0.1) is 11.1 Å². The summed E-state index contributed by atoms with van der Waals surface area (Å²) < 4.78 is 27.2. The van der Waals surface area contributed by atoms with Crippen molar-refractivity contribution >= 4 is 5.78 Å². The second-order valence-corrected chi connectivity index (χ2v) is 5.61. The third-order valence-electron chi connectivity index (χ3n) is 4.43. The van der Waals surface area contributed by atoms with Crippen molar-refractivity contribution in [1.82, 2.24) is 4.90 Å². The molecule has 1 aliphatic rings. The summed E-state index contributed by atoms with van der Waals surface area (Å²) in [4.78, 5) is 14.8. The quantitative estimate of drug-likeness (QED) is 0.782. The number of piperidine rings is 1. The summed E-state index contributed by atoms with van der Waals surface area (Å²) in [6.45, 7) is 5.44. The second-order valence-electron chi connectivity index (χ2n) is 5.61. The van der Waals surface area contributed by atoms with Gasteiger partial charge in [-0.15, -0.1) is 0 Å². The van der Waals surface area contributed by atoms with Crippen LogP contribution in [0.3, 0.4) is 0 Å². The normalized spacial score (nSPS) is 19.6. The minimum absolute atomic E-state index is 0.139. The van der Waals surface area contributed by atoms with Crippen LogP contribution in [0, 0.1) is 11.6 Å². The third-order valence-corrected chi connectivity index (χ3v) is 4.43. The zero-order valence-electron chi connectivity index (χ0n) is 12.1. The number of Topliss-reactive ketones (excluding diaryl/α,β-unsaturated/α-hetero) is 1. The van der Waals surface area contributed by atoms with Gasteiger partial charge in [-0.1, -0.05) is 19.4 Å². The number of benzene rings is 1. The molecule has 0 spiro atoms. The molecule has 110 valence electrons. The molecule has 4 heteroatoms. The summed E-state index contributed by atoms with van der Waals surface area (Å²) in [7, 11) is 0. The van der Waals surface area contributed by atoms with Gasteiger partial charge in [0.2, 0.25) is 0 Å². The van der Waals surface area contributed by atoms with Crippen molar-refractivity contribution in [3.8, 4) is 0 Å². The fraction of sp³-hybridized carbons (Fsp3) is 0.562. The van der Waals surface area contributed by atoms with Gasteiger partial charge in [-0.2, -0.15) is 0 Å². The van der Waals surface area contributed by atoms with E-state index >= 15 is 0 Å². The van der Waals surface area contributed by atoms with Gasteiger partial charge >= 0.3 is 0 Å². The third kappa shape index (κ3) is 2.62. The van der Waals surface area contributed by atoms with Crippen LogP contribution in [0.1, 0.15) is 49.9 Å². The highest BCUT2D eigenvalue weighted by Gasteiger charge is 2.39. The van der Waals surface area contributed by atoms with Crippen LogP contribution in [-0.4, -0.2) is 29.3 Å². The standard InChI is InChI=1S/C16H21F2NO/c1-3-16(2,19-10-5-4-6-11-19)15(20)12-8-7-9-13(17)14(12)18/h7-9H,3-6,10-11H2,1-2H3. The van der Waals surface area contributed by atoms with E-state index in [9.17, 15) is 13.6 Å². The highest BCUT2D eigenvalue weighted by atomic mass is 19.2. The van der Waals surface area contributed by atoms with E-state index < -0.39 is 17.2 Å². The van der Waals surface area contributed by atoms with E-state index in [2.05, 4.69) is 4.90 Å². The van der Waals surface area contributed by atoms with E-state index in [1.54, 1.807) is 0 Å². The lowest BCUT2D eigenvalue weighted by atomic mass is 9.85. The van der Waals surface area contributed by atoms with Gasteiger partial charge in [0.1, 0.15) is 0 Å². The Bertz CT molecular complexity index is 497. The molecule has 1 saturated heterocycles. The molecular weight excluding hydrogens is 260 g/mol. The molecule has 20 heavy (non-hydrogen) atoms. The van der Waals surface area contributed by atoms with E-state index in [1.807, 2.05) is 13.8 Å². The monoisotopic (exact) mass is 281 g/mol. The van der Waals surface area contributed by atoms with Crippen LogP contribution < -0.4 is 0 Å². The topological polar surface area (TPSA) is 20.3 Å². The lowest BCUT2D eigenvalue weighted by molar-refractivity contribution is 0.0500. The Morgan fingerprint density at radius 2 is 1.90 bits per heavy atom. The molecule has 0 radical (unpaired) electrons. The number of carbonyl (C=O) groups is 1. The average molecular weight is 281 g/mol. The van der Waals surface area contributed by atoms with Crippen molar-refractivity contribution in [1.29, 1.82) is 0 Å². The summed E-state index contributed by atoms with van der Waals surface area (Å²) in [6, 6.07) is 3.80. The van der Waals surface area contributed by atoms with E-state index in [4.69, 9.17) is 0 Å². The van der Waals surface area contributed by atoms with Crippen LogP contribution in [-0.2, 0) is 0 Å². The number of hydrogen-bond donors (Lipinski definition) is 0. The smallest absolute Gasteiger partial charge is 0.185 e. The molecule has 0 aromatic heterocycles. The number of nitrogens with zero attached hydrogens (tertiary/aromatic N) is 1. The molecule has 0 aliphatic carbocycles. The van der Waals surface area contributed by atoms with Gasteiger partial charge in [-0.3, -0.25) is 9.69 Å². The Kier molecular flexibility index (Phi) is 4.53. The van der Waals surface area contributed by atoms with Gasteiger partial charge in [0.15, 0.2) is 17.4 Å². The molecule has 0 saturated carbocycles. The first kappa shape index (κ1) is 15.1. The van der Waals surface area contributed by atoms with Gasteiger partial charge in [-0.05, 0) is 51.4 Å². The zero-order chi connectivity index (χ0) is 14.8. The molecule has 0 N–H and O–H groups in total. The molecule has 1 unspecified atom stereocenters. The summed E-state index contributed by atoms with van der Waals surface area (Å²) in [6.07, 6.45) is 3.85. The lowest BCUT2D eigenvalue weighted by Gasteiger charge is -2.41. The molecule has 1 aromatic carbocycles. The van der Waals surface area contributed by atoms with E-state index in [-0.39, 0.29) is 11.3 Å². The SMILES string of the molecule is CCC(C)(C(=O)c1cccc(F)c1F)N1CCCCC1. The highest BCUT2D eigenvalue weighted by Crippen LogP contribution is 2.29. The van der Waals surface area contributed by atoms with Crippen molar-refractivity contribution in [2.24, 2.45) is 0 Å². The maximum absolute atomic E-state index is 13.9. The van der Waals surface area contributed by atoms with E-state index in [1.165, 1.54) is 18.6 Å². The molecule has 1 heterocycles. The molecule has 0 bridgehead atoms. The second kappa shape index (κ2) is 6.00. The number of carbonyl (C=O) groups excluding carboxylic acids is 1. The predicted molar refractivity (Wildman–Crippen MR) is 74.8 cm³/mol. The molecule has 2 nitrogen and oxygen atoms in total. The summed E-state index contributed by atoms with van der Waals surface area (Å²) >= 11 is 0. The summed E-state index contributed by atoms with van der Waals surface area (Å²) in [5.41, 5.74) is -0.894. The van der Waals surface area contributed by atoms with Crippen molar-refractivity contribution in [3.63, 3.8) is 0 Å². The first-order chi connectivity index (χ1) is 9.50. The Hall–Kier alpha value is -1.29. The van der Waals surface area contributed by atoms with Gasteiger partial charge in [0.25, 0.3) is 0 Å². The van der Waals surface area contributed by atoms with E-state index in [0.29, 0.717) is 6.42 Å². The Morgan fingerprint density at radius 3 is 2.50 bits per heavy atom. The van der Waals surface area contributed by atoms with Crippen molar-refractivity contribution < 1.29 is 13.6 Å². The van der Waals surface area contributed by atoms with Crippen LogP contribution in [0.4, 0.5) is 8.78 Å². The number of halogens is 2. The fourth-order valence-electron chi connectivity index (χ4n) is 2.88. The van der Waals surface area contributed by atoms with Crippen LogP contribution in [0.25, 0.3) is 0 Å². The van der Waals surface area contributed by atoms with Crippen molar-refractivity contribution in [2.75, 3.05) is 13.1 Å². The molecule has 0 amide bonds. The molecule has 1 aliphatic heterocycles. The predicted octanol–water partition coefficient (Wildman–Crippen LogP) is 3.80. The minimum atomic E-state index is -1.03. The van der Waals surface area contributed by atoms with Crippen molar-refractivity contribution in [2.45, 2.75) is 45.1 Å². The molecule has 1 fully saturated rings. The molecular formula is C16H21F2NO. The zero-order valence-corrected chi connectivity index (χ0v) is 12.1. The van der Waals surface area contributed by atoms with Gasteiger partial charge in [-0.25, -0.2) is 8.78 Å². The van der Waals surface area contributed by atoms with Gasteiger partial charge < -0.3 is 0 Å². The molecule has 2 rings (SSSR count). The number of hydrogen-bond acceptors (Lipinski definition) is 2. The maximum Gasteiger partial charge on any atom is 0.185 e. The Balaban J connectivity index is 2.34. The molecule has 1 atom stereocenters. The first-order valence-electron chi connectivity index (χ1n) is 7.24. The average Bonchev–Trinajstić information content (AvgIpc) is 2.49. The van der Waals surface area contributed by atoms with E-state index in [0.717, 1.165) is 32.0 Å². The maximum atomic E-state index is 13.9. The summed E-state index contributed by atoms with van der Waals surface area (Å²) in [5, 5.41) is 0. The molecule has 1 aromatic rings. The first-order valence-corrected chi connectivity index (χ1v) is 7.24. The number of ketones is 1. The summed E-state index contributed by atoms with van der Waals surface area (Å²) in [5.74, 6) is -2.32. The lowest BCUT2D eigenvalue weighted by Crippen LogP contribution is -2.54. The fourth-order valence-corrected chi connectivity index (χ4v) is 2.88. The highest BCUT2D eigenvalue weighted by molar-refractivity contribution is 6.03. The minimum Gasteiger partial charge on any atom is -0.292 e.